The fourth-order valence-electron chi connectivity index (χ4n) is 3.35. The van der Waals surface area contributed by atoms with E-state index in [1.807, 2.05) is 68.1 Å². The van der Waals surface area contributed by atoms with Gasteiger partial charge in [0.1, 0.15) is 5.75 Å². The number of amides is 2. The lowest BCUT2D eigenvalue weighted by Crippen LogP contribution is -2.38. The first kappa shape index (κ1) is 19.9. The van der Waals surface area contributed by atoms with Gasteiger partial charge in [-0.15, -0.1) is 0 Å². The Bertz CT molecular complexity index is 866. The fourth-order valence-corrected chi connectivity index (χ4v) is 3.35. The average molecular weight is 380 g/mol. The zero-order valence-corrected chi connectivity index (χ0v) is 17.0. The van der Waals surface area contributed by atoms with Crippen molar-refractivity contribution in [2.45, 2.75) is 40.0 Å². The Morgan fingerprint density at radius 3 is 2.46 bits per heavy atom. The molecule has 0 unspecified atom stereocenters. The van der Waals surface area contributed by atoms with Gasteiger partial charge in [-0.2, -0.15) is 0 Å². The third-order valence-electron chi connectivity index (χ3n) is 4.95. The number of carbonyl (C=O) groups is 2. The number of carbonyl (C=O) groups excluding carboxylic acids is 2. The topological polar surface area (TPSA) is 58.6 Å². The van der Waals surface area contributed by atoms with E-state index < -0.39 is 5.41 Å². The zero-order valence-electron chi connectivity index (χ0n) is 17.0. The van der Waals surface area contributed by atoms with E-state index in [1.165, 1.54) is 0 Å². The molecular formula is C23H28N2O3. The molecule has 0 saturated heterocycles. The van der Waals surface area contributed by atoms with Gasteiger partial charge in [0.05, 0.1) is 7.11 Å². The van der Waals surface area contributed by atoms with E-state index in [0.717, 1.165) is 34.7 Å². The molecule has 0 radical (unpaired) electrons. The van der Waals surface area contributed by atoms with Gasteiger partial charge in [-0.05, 0) is 48.2 Å². The minimum atomic E-state index is -0.431. The highest BCUT2D eigenvalue weighted by Crippen LogP contribution is 2.34. The summed E-state index contributed by atoms with van der Waals surface area (Å²) in [5.41, 5.74) is 3.44. The van der Waals surface area contributed by atoms with Crippen molar-refractivity contribution in [3.8, 4) is 5.75 Å². The van der Waals surface area contributed by atoms with Crippen LogP contribution in [0.25, 0.3) is 0 Å². The molecule has 5 nitrogen and oxygen atoms in total. The molecule has 148 valence electrons. The van der Waals surface area contributed by atoms with Crippen LogP contribution in [0.2, 0.25) is 0 Å². The molecular weight excluding hydrogens is 352 g/mol. The van der Waals surface area contributed by atoms with Crippen LogP contribution >= 0.6 is 0 Å². The number of anilines is 2. The van der Waals surface area contributed by atoms with Gasteiger partial charge in [0.25, 0.3) is 0 Å². The molecule has 0 atom stereocenters. The Balaban J connectivity index is 1.63. The van der Waals surface area contributed by atoms with Crippen molar-refractivity contribution in [2.75, 3.05) is 23.9 Å². The van der Waals surface area contributed by atoms with Crippen LogP contribution in [-0.4, -0.2) is 25.5 Å². The lowest BCUT2D eigenvalue weighted by molar-refractivity contribution is -0.125. The maximum Gasteiger partial charge on any atom is 0.232 e. The van der Waals surface area contributed by atoms with Crippen molar-refractivity contribution >= 4 is 23.2 Å². The Hall–Kier alpha value is -2.82. The van der Waals surface area contributed by atoms with Crippen molar-refractivity contribution in [1.82, 2.24) is 0 Å². The molecule has 0 aliphatic carbocycles. The predicted molar refractivity (Wildman–Crippen MR) is 112 cm³/mol. The third-order valence-corrected chi connectivity index (χ3v) is 4.95. The highest BCUT2D eigenvalue weighted by molar-refractivity contribution is 6.00. The van der Waals surface area contributed by atoms with Crippen molar-refractivity contribution in [2.24, 2.45) is 5.41 Å². The quantitative estimate of drug-likeness (QED) is 0.846. The van der Waals surface area contributed by atoms with Crippen LogP contribution in [0.4, 0.5) is 11.4 Å². The fraction of sp³-hybridized carbons (Fsp3) is 0.391. The monoisotopic (exact) mass is 380 g/mol. The molecule has 0 aromatic heterocycles. The van der Waals surface area contributed by atoms with Crippen molar-refractivity contribution in [1.29, 1.82) is 0 Å². The minimum Gasteiger partial charge on any atom is -0.497 e. The number of nitrogens with one attached hydrogen (secondary N) is 1. The van der Waals surface area contributed by atoms with Crippen LogP contribution in [0.5, 0.6) is 5.75 Å². The second-order valence-corrected chi connectivity index (χ2v) is 8.20. The van der Waals surface area contributed by atoms with Gasteiger partial charge in [0.15, 0.2) is 0 Å². The summed E-state index contributed by atoms with van der Waals surface area (Å²) in [5.74, 6) is 0.873. The van der Waals surface area contributed by atoms with Gasteiger partial charge in [0, 0.05) is 29.8 Å². The maximum atomic E-state index is 12.7. The van der Waals surface area contributed by atoms with Crippen LogP contribution < -0.4 is 15.0 Å². The standard InChI is InChI=1S/C23H28N2O3/c1-23(2,3)22(27)25-14-13-17-8-9-18(15-20(17)25)24-21(26)12-7-16-5-10-19(28-4)11-6-16/h5-6,8-11,15H,7,12-14H2,1-4H3,(H,24,26). The smallest absolute Gasteiger partial charge is 0.232 e. The first-order valence-electron chi connectivity index (χ1n) is 9.65. The predicted octanol–water partition coefficient (Wildman–Crippen LogP) is 4.20. The molecule has 2 amide bonds. The number of rotatable bonds is 5. The zero-order chi connectivity index (χ0) is 20.3. The van der Waals surface area contributed by atoms with E-state index >= 15 is 0 Å². The molecule has 1 aliphatic heterocycles. The molecule has 0 saturated carbocycles. The van der Waals surface area contributed by atoms with Crippen LogP contribution in [0.15, 0.2) is 42.5 Å². The van der Waals surface area contributed by atoms with Gasteiger partial charge in [0.2, 0.25) is 11.8 Å². The molecule has 3 rings (SSSR count). The van der Waals surface area contributed by atoms with Gasteiger partial charge in [-0.1, -0.05) is 39.0 Å². The second kappa shape index (κ2) is 8.05. The number of ether oxygens (including phenoxy) is 1. The Morgan fingerprint density at radius 1 is 1.11 bits per heavy atom. The SMILES string of the molecule is COc1ccc(CCC(=O)Nc2ccc3c(c2)N(C(=O)C(C)(C)C)CC3)cc1. The molecule has 1 heterocycles. The van der Waals surface area contributed by atoms with Crippen LogP contribution in [0, 0.1) is 5.41 Å². The van der Waals surface area contributed by atoms with E-state index in [4.69, 9.17) is 4.74 Å². The summed E-state index contributed by atoms with van der Waals surface area (Å²) in [6, 6.07) is 13.6. The summed E-state index contributed by atoms with van der Waals surface area (Å²) in [6.07, 6.45) is 1.91. The maximum absolute atomic E-state index is 12.7. The summed E-state index contributed by atoms with van der Waals surface area (Å²) in [4.78, 5) is 26.9. The number of fused-ring (bicyclic) bond motifs is 1. The third kappa shape index (κ3) is 4.53. The summed E-state index contributed by atoms with van der Waals surface area (Å²) in [7, 11) is 1.63. The van der Waals surface area contributed by atoms with E-state index in [-0.39, 0.29) is 11.8 Å². The molecule has 0 fully saturated rings. The number of nitrogens with zero attached hydrogens (tertiary/aromatic N) is 1. The molecule has 5 heteroatoms. The largest absolute Gasteiger partial charge is 0.497 e. The second-order valence-electron chi connectivity index (χ2n) is 8.20. The number of hydrogen-bond acceptors (Lipinski definition) is 3. The van der Waals surface area contributed by atoms with E-state index in [9.17, 15) is 9.59 Å². The average Bonchev–Trinajstić information content (AvgIpc) is 3.08. The Labute approximate surface area is 166 Å². The Morgan fingerprint density at radius 2 is 1.82 bits per heavy atom. The molecule has 0 spiro atoms. The first-order valence-corrected chi connectivity index (χ1v) is 9.65. The van der Waals surface area contributed by atoms with Crippen molar-refractivity contribution in [3.05, 3.63) is 53.6 Å². The molecule has 2 aromatic rings. The summed E-state index contributed by atoms with van der Waals surface area (Å²) < 4.78 is 5.15. The summed E-state index contributed by atoms with van der Waals surface area (Å²) in [6.45, 7) is 6.48. The first-order chi connectivity index (χ1) is 13.3. The van der Waals surface area contributed by atoms with E-state index in [2.05, 4.69) is 5.32 Å². The van der Waals surface area contributed by atoms with Gasteiger partial charge < -0.3 is 15.0 Å². The van der Waals surface area contributed by atoms with Crippen LogP contribution in [0.1, 0.15) is 38.3 Å². The molecule has 0 bridgehead atoms. The number of methoxy groups -OCH3 is 1. The summed E-state index contributed by atoms with van der Waals surface area (Å²) >= 11 is 0. The highest BCUT2D eigenvalue weighted by atomic mass is 16.5. The highest BCUT2D eigenvalue weighted by Gasteiger charge is 2.32. The van der Waals surface area contributed by atoms with E-state index in [0.29, 0.717) is 19.4 Å². The molecule has 2 aromatic carbocycles. The van der Waals surface area contributed by atoms with Gasteiger partial charge >= 0.3 is 0 Å². The number of benzene rings is 2. The normalized spacial score (nSPS) is 13.2. The van der Waals surface area contributed by atoms with Crippen molar-refractivity contribution < 1.29 is 14.3 Å². The van der Waals surface area contributed by atoms with Crippen LogP contribution in [0.3, 0.4) is 0 Å². The Kier molecular flexibility index (Phi) is 5.73. The van der Waals surface area contributed by atoms with E-state index in [1.54, 1.807) is 7.11 Å². The van der Waals surface area contributed by atoms with Gasteiger partial charge in [-0.3, -0.25) is 9.59 Å². The number of aryl methyl sites for hydroxylation is 1. The van der Waals surface area contributed by atoms with Crippen LogP contribution in [-0.2, 0) is 22.4 Å². The lowest BCUT2D eigenvalue weighted by atomic mass is 9.94. The van der Waals surface area contributed by atoms with Gasteiger partial charge in [-0.25, -0.2) is 0 Å². The molecule has 28 heavy (non-hydrogen) atoms. The van der Waals surface area contributed by atoms with Crippen molar-refractivity contribution in [3.63, 3.8) is 0 Å². The summed E-state index contributed by atoms with van der Waals surface area (Å²) in [5, 5.41) is 2.96. The lowest BCUT2D eigenvalue weighted by Gasteiger charge is -2.26. The minimum absolute atomic E-state index is 0.0394. The number of hydrogen-bond donors (Lipinski definition) is 1. The molecule has 1 N–H and O–H groups in total. The molecule has 1 aliphatic rings.